The van der Waals surface area contributed by atoms with Gasteiger partial charge >= 0.3 is 0 Å². The number of hydrogen-bond donors (Lipinski definition) is 0. The van der Waals surface area contributed by atoms with Crippen LogP contribution < -0.4 is 9.64 Å². The lowest BCUT2D eigenvalue weighted by Gasteiger charge is -2.46. The van der Waals surface area contributed by atoms with Crippen LogP contribution in [0.4, 0.5) is 5.95 Å². The van der Waals surface area contributed by atoms with Gasteiger partial charge in [-0.05, 0) is 36.6 Å². The zero-order valence-corrected chi connectivity index (χ0v) is 17.7. The normalized spacial score (nSPS) is 25.7. The molecule has 3 aliphatic heterocycles. The smallest absolute Gasteiger partial charge is 0.228 e. The number of hydrogen-bond acceptors (Lipinski definition) is 6. The Labute approximate surface area is 177 Å². The van der Waals surface area contributed by atoms with E-state index in [1.54, 1.807) is 19.5 Å². The van der Waals surface area contributed by atoms with E-state index in [-0.39, 0.29) is 11.5 Å². The van der Waals surface area contributed by atoms with Crippen molar-refractivity contribution in [2.45, 2.75) is 24.9 Å². The first-order chi connectivity index (χ1) is 14.6. The first-order valence-electron chi connectivity index (χ1n) is 10.8. The first kappa shape index (κ1) is 19.3. The largest absolute Gasteiger partial charge is 0.497 e. The lowest BCUT2D eigenvalue weighted by molar-refractivity contribution is -0.133. The predicted molar refractivity (Wildman–Crippen MR) is 114 cm³/mol. The van der Waals surface area contributed by atoms with Crippen LogP contribution in [0.1, 0.15) is 18.4 Å². The molecule has 0 radical (unpaired) electrons. The first-order valence-corrected chi connectivity index (χ1v) is 10.8. The van der Waals surface area contributed by atoms with Crippen molar-refractivity contribution < 1.29 is 9.53 Å². The van der Waals surface area contributed by atoms with Gasteiger partial charge in [-0.3, -0.25) is 9.69 Å². The third-order valence-electron chi connectivity index (χ3n) is 7.45. The van der Waals surface area contributed by atoms with Gasteiger partial charge in [0.15, 0.2) is 0 Å². The highest BCUT2D eigenvalue weighted by molar-refractivity contribution is 5.84. The molecule has 0 aliphatic carbocycles. The van der Waals surface area contributed by atoms with E-state index in [0.29, 0.717) is 11.8 Å². The fraction of sp³-hybridized carbons (Fsp3) is 0.522. The molecule has 158 valence electrons. The summed E-state index contributed by atoms with van der Waals surface area (Å²) >= 11 is 0. The third-order valence-corrected chi connectivity index (χ3v) is 7.45. The average molecular weight is 408 g/mol. The molecule has 3 aliphatic rings. The predicted octanol–water partition coefficient (Wildman–Crippen LogP) is 2.04. The fourth-order valence-corrected chi connectivity index (χ4v) is 5.73. The summed E-state index contributed by atoms with van der Waals surface area (Å²) in [6, 6.07) is 10.2. The summed E-state index contributed by atoms with van der Waals surface area (Å²) in [5, 5.41) is 0. The minimum absolute atomic E-state index is 0.0400. The Bertz CT molecular complexity index is 896. The van der Waals surface area contributed by atoms with Gasteiger partial charge in [0.05, 0.1) is 18.6 Å². The molecule has 7 heteroatoms. The molecular formula is C23H29N5O2. The van der Waals surface area contributed by atoms with Crippen molar-refractivity contribution >= 4 is 11.9 Å². The van der Waals surface area contributed by atoms with Crippen molar-refractivity contribution in [2.24, 2.45) is 11.8 Å². The summed E-state index contributed by atoms with van der Waals surface area (Å²) in [6.07, 6.45) is 5.60. The van der Waals surface area contributed by atoms with Crippen LogP contribution in [0.2, 0.25) is 0 Å². The number of carbonyl (C=O) groups is 1. The number of likely N-dealkylation sites (tertiary alicyclic amines) is 2. The molecule has 30 heavy (non-hydrogen) atoms. The van der Waals surface area contributed by atoms with E-state index in [2.05, 4.69) is 36.8 Å². The second kappa shape index (κ2) is 7.54. The Hall–Kier alpha value is -2.67. The number of piperidine rings is 1. The third kappa shape index (κ3) is 3.12. The minimum Gasteiger partial charge on any atom is -0.497 e. The SMILES string of the molecule is COc1ccc(CN2CCC3(CC2)[C@@H]2CN(c4ncccn4)C[C@@H]2C(=O)N3C)cc1. The zero-order chi connectivity index (χ0) is 20.7. The van der Waals surface area contributed by atoms with Gasteiger partial charge < -0.3 is 14.5 Å². The van der Waals surface area contributed by atoms with Crippen LogP contribution >= 0.6 is 0 Å². The molecule has 5 rings (SSSR count). The van der Waals surface area contributed by atoms with Gasteiger partial charge in [0.1, 0.15) is 5.75 Å². The molecule has 1 spiro atoms. The van der Waals surface area contributed by atoms with E-state index in [9.17, 15) is 4.79 Å². The monoisotopic (exact) mass is 407 g/mol. The van der Waals surface area contributed by atoms with Gasteiger partial charge in [0.2, 0.25) is 11.9 Å². The Kier molecular flexibility index (Phi) is 4.85. The molecule has 0 N–H and O–H groups in total. The molecule has 0 saturated carbocycles. The van der Waals surface area contributed by atoms with Gasteiger partial charge in [-0.2, -0.15) is 0 Å². The van der Waals surface area contributed by atoms with Crippen LogP contribution in [0.25, 0.3) is 0 Å². The van der Waals surface area contributed by atoms with Crippen molar-refractivity contribution in [1.82, 2.24) is 19.8 Å². The summed E-state index contributed by atoms with van der Waals surface area (Å²) < 4.78 is 5.26. The van der Waals surface area contributed by atoms with E-state index < -0.39 is 0 Å². The van der Waals surface area contributed by atoms with Gasteiger partial charge in [0.25, 0.3) is 0 Å². The molecule has 3 fully saturated rings. The van der Waals surface area contributed by atoms with Gasteiger partial charge in [-0.15, -0.1) is 0 Å². The minimum atomic E-state index is -0.0400. The highest BCUT2D eigenvalue weighted by atomic mass is 16.5. The van der Waals surface area contributed by atoms with E-state index in [1.807, 2.05) is 25.2 Å². The molecule has 1 aromatic heterocycles. The maximum atomic E-state index is 13.1. The second-order valence-corrected chi connectivity index (χ2v) is 8.79. The van der Waals surface area contributed by atoms with Gasteiger partial charge in [-0.25, -0.2) is 9.97 Å². The standard InChI is InChI=1S/C23H29N5O2/c1-26-21(29)19-15-28(22-24-10-3-11-25-22)16-20(19)23(26)8-12-27(13-9-23)14-17-4-6-18(30-2)7-5-17/h3-7,10-11,19-20H,8-9,12-16H2,1-2H3/t19-,20+/m0/s1. The molecule has 7 nitrogen and oxygen atoms in total. The molecule has 0 unspecified atom stereocenters. The number of ether oxygens (including phenoxy) is 1. The summed E-state index contributed by atoms with van der Waals surface area (Å²) in [5.41, 5.74) is 1.26. The highest BCUT2D eigenvalue weighted by Crippen LogP contribution is 2.49. The Morgan fingerprint density at radius 2 is 1.80 bits per heavy atom. The van der Waals surface area contributed by atoms with E-state index in [0.717, 1.165) is 57.3 Å². The van der Waals surface area contributed by atoms with E-state index in [1.165, 1.54) is 5.56 Å². The highest BCUT2D eigenvalue weighted by Gasteiger charge is 2.60. The maximum Gasteiger partial charge on any atom is 0.228 e. The number of nitrogens with zero attached hydrogens (tertiary/aromatic N) is 5. The van der Waals surface area contributed by atoms with Gasteiger partial charge in [-0.1, -0.05) is 12.1 Å². The molecular weight excluding hydrogens is 378 g/mol. The molecule has 1 amide bonds. The van der Waals surface area contributed by atoms with Crippen LogP contribution in [-0.4, -0.2) is 71.6 Å². The fourth-order valence-electron chi connectivity index (χ4n) is 5.73. The number of methoxy groups -OCH3 is 1. The summed E-state index contributed by atoms with van der Waals surface area (Å²) in [6.45, 7) is 4.55. The number of anilines is 1. The zero-order valence-electron chi connectivity index (χ0n) is 17.7. The number of rotatable bonds is 4. The molecule has 2 atom stereocenters. The van der Waals surface area contributed by atoms with Gasteiger partial charge in [0, 0.05) is 58.1 Å². The summed E-state index contributed by atoms with van der Waals surface area (Å²) in [4.78, 5) is 28.7. The maximum absolute atomic E-state index is 13.1. The van der Waals surface area contributed by atoms with E-state index >= 15 is 0 Å². The van der Waals surface area contributed by atoms with Crippen LogP contribution in [-0.2, 0) is 11.3 Å². The Morgan fingerprint density at radius 1 is 1.10 bits per heavy atom. The lowest BCUT2D eigenvalue weighted by Crippen LogP contribution is -2.55. The number of aromatic nitrogens is 2. The van der Waals surface area contributed by atoms with Crippen LogP contribution in [0.3, 0.4) is 0 Å². The number of benzene rings is 1. The topological polar surface area (TPSA) is 61.8 Å². The average Bonchev–Trinajstić information content (AvgIpc) is 3.32. The van der Waals surface area contributed by atoms with E-state index in [4.69, 9.17) is 4.74 Å². The number of carbonyl (C=O) groups excluding carboxylic acids is 1. The molecule has 2 aromatic rings. The molecule has 0 bridgehead atoms. The number of fused-ring (bicyclic) bond motifs is 2. The molecule has 3 saturated heterocycles. The van der Waals surface area contributed by atoms with Crippen LogP contribution in [0.5, 0.6) is 5.75 Å². The van der Waals surface area contributed by atoms with Crippen molar-refractivity contribution in [3.05, 3.63) is 48.3 Å². The van der Waals surface area contributed by atoms with Crippen molar-refractivity contribution in [3.8, 4) is 5.75 Å². The number of amides is 1. The molecule has 4 heterocycles. The van der Waals surface area contributed by atoms with Crippen LogP contribution in [0.15, 0.2) is 42.7 Å². The Balaban J connectivity index is 1.28. The molecule has 1 aromatic carbocycles. The lowest BCUT2D eigenvalue weighted by atomic mass is 9.75. The Morgan fingerprint density at radius 3 is 2.47 bits per heavy atom. The van der Waals surface area contributed by atoms with Crippen molar-refractivity contribution in [1.29, 1.82) is 0 Å². The summed E-state index contributed by atoms with van der Waals surface area (Å²) in [5.74, 6) is 2.34. The second-order valence-electron chi connectivity index (χ2n) is 8.79. The van der Waals surface area contributed by atoms with Crippen molar-refractivity contribution in [3.63, 3.8) is 0 Å². The van der Waals surface area contributed by atoms with Crippen LogP contribution in [0, 0.1) is 11.8 Å². The quantitative estimate of drug-likeness (QED) is 0.773. The van der Waals surface area contributed by atoms with Crippen molar-refractivity contribution in [2.75, 3.05) is 45.2 Å². The summed E-state index contributed by atoms with van der Waals surface area (Å²) in [7, 11) is 3.71.